The SMILES string of the molecule is COC(=O)[C@H](CCC1=NNN(OC)N1C=C=O)NC(=O)OCc1ccccc1. The summed E-state index contributed by atoms with van der Waals surface area (Å²) < 4.78 is 9.85. The lowest BCUT2D eigenvalue weighted by Gasteiger charge is -2.22. The van der Waals surface area contributed by atoms with E-state index in [9.17, 15) is 14.4 Å². The van der Waals surface area contributed by atoms with Crippen LogP contribution in [0.5, 0.6) is 0 Å². The molecule has 0 saturated carbocycles. The van der Waals surface area contributed by atoms with E-state index in [0.29, 0.717) is 5.84 Å². The molecule has 0 fully saturated rings. The highest BCUT2D eigenvalue weighted by Crippen LogP contribution is 2.12. The Morgan fingerprint density at radius 1 is 1.32 bits per heavy atom. The first-order chi connectivity index (χ1) is 13.6. The second-order valence-corrected chi connectivity index (χ2v) is 5.50. The summed E-state index contributed by atoms with van der Waals surface area (Å²) in [6, 6.07) is 8.17. The number of hydrogen-bond acceptors (Lipinski definition) is 10. The van der Waals surface area contributed by atoms with Crippen LogP contribution in [0.3, 0.4) is 0 Å². The maximum absolute atomic E-state index is 12.0. The number of hydrazine groups is 2. The second-order valence-electron chi connectivity index (χ2n) is 5.50. The number of benzene rings is 1. The van der Waals surface area contributed by atoms with E-state index in [1.807, 2.05) is 30.3 Å². The fourth-order valence-corrected chi connectivity index (χ4v) is 2.35. The Morgan fingerprint density at radius 2 is 2.07 bits per heavy atom. The summed E-state index contributed by atoms with van der Waals surface area (Å²) >= 11 is 0. The molecular weight excluding hydrogens is 370 g/mol. The van der Waals surface area contributed by atoms with Crippen LogP contribution in [0.4, 0.5) is 4.79 Å². The molecular formula is C17H21N5O6. The summed E-state index contributed by atoms with van der Waals surface area (Å²) in [5.74, 6) is 1.36. The fourth-order valence-electron chi connectivity index (χ4n) is 2.35. The predicted molar refractivity (Wildman–Crippen MR) is 96.3 cm³/mol. The highest BCUT2D eigenvalue weighted by atomic mass is 16.8. The van der Waals surface area contributed by atoms with Gasteiger partial charge in [-0.25, -0.2) is 19.4 Å². The van der Waals surface area contributed by atoms with Crippen LogP contribution in [-0.2, 0) is 30.5 Å². The van der Waals surface area contributed by atoms with E-state index in [-0.39, 0.29) is 19.4 Å². The van der Waals surface area contributed by atoms with Gasteiger partial charge in [0.15, 0.2) is 0 Å². The zero-order valence-electron chi connectivity index (χ0n) is 15.5. The molecule has 1 atom stereocenters. The lowest BCUT2D eigenvalue weighted by molar-refractivity contribution is -0.246. The van der Waals surface area contributed by atoms with Crippen LogP contribution < -0.4 is 10.9 Å². The van der Waals surface area contributed by atoms with Gasteiger partial charge < -0.3 is 14.8 Å². The topological polar surface area (TPSA) is 122 Å². The van der Waals surface area contributed by atoms with E-state index in [1.165, 1.54) is 19.2 Å². The third kappa shape index (κ3) is 5.81. The maximum Gasteiger partial charge on any atom is 0.408 e. The van der Waals surface area contributed by atoms with Crippen LogP contribution >= 0.6 is 0 Å². The molecule has 1 amide bonds. The number of ether oxygens (including phenoxy) is 2. The molecule has 2 rings (SSSR count). The average molecular weight is 391 g/mol. The summed E-state index contributed by atoms with van der Waals surface area (Å²) in [7, 11) is 2.59. The fraction of sp³-hybridized carbons (Fsp3) is 0.353. The van der Waals surface area contributed by atoms with Crippen molar-refractivity contribution in [3.05, 3.63) is 42.1 Å². The number of amidine groups is 1. The van der Waals surface area contributed by atoms with E-state index in [4.69, 9.17) is 14.3 Å². The van der Waals surface area contributed by atoms with Crippen molar-refractivity contribution >= 4 is 23.8 Å². The number of hydrogen-bond donors (Lipinski definition) is 2. The highest BCUT2D eigenvalue weighted by molar-refractivity contribution is 5.86. The first-order valence-corrected chi connectivity index (χ1v) is 8.30. The van der Waals surface area contributed by atoms with E-state index in [2.05, 4.69) is 16.0 Å². The van der Waals surface area contributed by atoms with Crippen LogP contribution in [-0.4, -0.2) is 54.4 Å². The van der Waals surface area contributed by atoms with E-state index >= 15 is 0 Å². The predicted octanol–water partition coefficient (Wildman–Crippen LogP) is 0.492. The van der Waals surface area contributed by atoms with Gasteiger partial charge in [-0.15, -0.1) is 5.10 Å². The number of amides is 1. The molecule has 0 aromatic heterocycles. The summed E-state index contributed by atoms with van der Waals surface area (Å²) in [5, 5.41) is 8.82. The van der Waals surface area contributed by atoms with Crippen LogP contribution in [0.25, 0.3) is 0 Å². The molecule has 1 aromatic carbocycles. The molecule has 2 N–H and O–H groups in total. The maximum atomic E-state index is 12.0. The number of esters is 1. The molecule has 11 nitrogen and oxygen atoms in total. The summed E-state index contributed by atoms with van der Waals surface area (Å²) in [6.45, 7) is 0.0674. The Bertz CT molecular complexity index is 750. The minimum absolute atomic E-state index is 0.0674. The molecule has 0 radical (unpaired) electrons. The monoisotopic (exact) mass is 391 g/mol. The molecule has 0 spiro atoms. The van der Waals surface area contributed by atoms with Crippen LogP contribution in [0, 0.1) is 0 Å². The van der Waals surface area contributed by atoms with Crippen LogP contribution in [0.15, 0.2) is 41.6 Å². The molecule has 0 unspecified atom stereocenters. The van der Waals surface area contributed by atoms with Gasteiger partial charge in [0.2, 0.25) is 0 Å². The number of carbonyl (C=O) groups is 2. The summed E-state index contributed by atoms with van der Waals surface area (Å²) in [4.78, 5) is 39.6. The number of nitrogens with zero attached hydrogens (tertiary/aromatic N) is 3. The van der Waals surface area contributed by atoms with Gasteiger partial charge in [-0.05, 0) is 12.0 Å². The third-order valence-electron chi connectivity index (χ3n) is 3.72. The van der Waals surface area contributed by atoms with Crippen molar-refractivity contribution in [2.75, 3.05) is 14.2 Å². The largest absolute Gasteiger partial charge is 0.467 e. The molecule has 1 aliphatic rings. The molecule has 1 heterocycles. The van der Waals surface area contributed by atoms with Gasteiger partial charge in [-0.3, -0.25) is 4.84 Å². The van der Waals surface area contributed by atoms with Crippen molar-refractivity contribution in [1.82, 2.24) is 21.1 Å². The standard InChI is InChI=1S/C17H21N5O6/c1-26-16(24)14(18-17(25)28-12-13-6-4-3-5-7-13)8-9-15-19-20-22(27-2)21(15)10-11-23/h3-7,10,14,20H,8-9,12H2,1-2H3,(H,18,25)/t14-/m0/s1. The zero-order valence-corrected chi connectivity index (χ0v) is 15.5. The minimum Gasteiger partial charge on any atom is -0.467 e. The van der Waals surface area contributed by atoms with E-state index < -0.39 is 18.1 Å². The second kappa shape index (κ2) is 10.7. The number of rotatable bonds is 9. The first kappa shape index (κ1) is 20.9. The Balaban J connectivity index is 1.91. The molecule has 0 aliphatic carbocycles. The highest BCUT2D eigenvalue weighted by Gasteiger charge is 2.28. The Hall–Kier alpha value is -3.40. The van der Waals surface area contributed by atoms with Crippen molar-refractivity contribution in [2.45, 2.75) is 25.5 Å². The summed E-state index contributed by atoms with van der Waals surface area (Å²) in [6.07, 6.45) is 0.670. The number of carbonyl (C=O) groups excluding carboxylic acids is 3. The molecule has 11 heteroatoms. The molecule has 0 bridgehead atoms. The van der Waals surface area contributed by atoms with Gasteiger partial charge in [-0.1, -0.05) is 30.3 Å². The van der Waals surface area contributed by atoms with Gasteiger partial charge in [0, 0.05) is 11.7 Å². The molecule has 1 aliphatic heterocycles. The third-order valence-corrected chi connectivity index (χ3v) is 3.72. The minimum atomic E-state index is -0.963. The molecule has 28 heavy (non-hydrogen) atoms. The number of alkyl carbamates (subject to hydrolysis) is 1. The lowest BCUT2D eigenvalue weighted by atomic mass is 10.1. The summed E-state index contributed by atoms with van der Waals surface area (Å²) in [5.41, 5.74) is 3.34. The number of methoxy groups -OCH3 is 1. The van der Waals surface area contributed by atoms with Crippen molar-refractivity contribution in [3.63, 3.8) is 0 Å². The smallest absolute Gasteiger partial charge is 0.408 e. The zero-order chi connectivity index (χ0) is 20.4. The Labute approximate surface area is 161 Å². The number of hydrazone groups is 1. The van der Waals surface area contributed by atoms with Crippen LogP contribution in [0.2, 0.25) is 0 Å². The Kier molecular flexibility index (Phi) is 7.97. The normalized spacial score (nSPS) is 14.4. The average Bonchev–Trinajstić information content (AvgIpc) is 3.11. The van der Waals surface area contributed by atoms with E-state index in [1.54, 1.807) is 5.94 Å². The lowest BCUT2D eigenvalue weighted by Crippen LogP contribution is -2.44. The number of nitrogens with one attached hydrogen (secondary N) is 2. The van der Waals surface area contributed by atoms with Gasteiger partial charge in [0.25, 0.3) is 0 Å². The Morgan fingerprint density at radius 3 is 2.71 bits per heavy atom. The van der Waals surface area contributed by atoms with Crippen molar-refractivity contribution in [3.8, 4) is 0 Å². The van der Waals surface area contributed by atoms with Gasteiger partial charge in [0.05, 0.1) is 14.2 Å². The molecule has 150 valence electrons. The van der Waals surface area contributed by atoms with Gasteiger partial charge in [-0.2, -0.15) is 5.53 Å². The van der Waals surface area contributed by atoms with E-state index in [0.717, 1.165) is 17.0 Å². The molecule has 0 saturated heterocycles. The van der Waals surface area contributed by atoms with Gasteiger partial charge >= 0.3 is 12.1 Å². The van der Waals surface area contributed by atoms with Crippen LogP contribution in [0.1, 0.15) is 18.4 Å². The molecule has 1 aromatic rings. The van der Waals surface area contributed by atoms with Gasteiger partial charge in [0.1, 0.15) is 30.6 Å². The quantitative estimate of drug-likeness (QED) is 0.457. The van der Waals surface area contributed by atoms with Crippen molar-refractivity contribution in [2.24, 2.45) is 5.10 Å². The van der Waals surface area contributed by atoms with Crippen molar-refractivity contribution in [1.29, 1.82) is 0 Å². The van der Waals surface area contributed by atoms with Crippen molar-refractivity contribution < 1.29 is 28.7 Å². The first-order valence-electron chi connectivity index (χ1n) is 8.30.